The molecule has 0 saturated heterocycles. The van der Waals surface area contributed by atoms with E-state index < -0.39 is 0 Å². The van der Waals surface area contributed by atoms with Crippen LogP contribution in [0, 0.1) is 5.21 Å². The minimum atomic E-state index is -0.226. The van der Waals surface area contributed by atoms with Crippen LogP contribution in [0.5, 0.6) is 0 Å². The predicted molar refractivity (Wildman–Crippen MR) is 92.7 cm³/mol. The SMILES string of the molecule is O=C(NCc1ccccc1)c1cc[n+]([O-])c(Nc2ccccc2)c1. The monoisotopic (exact) mass is 319 g/mol. The number of carbonyl (C=O) groups excluding carboxylic acids is 1. The fourth-order valence-electron chi connectivity index (χ4n) is 2.27. The highest BCUT2D eigenvalue weighted by molar-refractivity contribution is 5.94. The van der Waals surface area contributed by atoms with Gasteiger partial charge in [0.1, 0.15) is 5.69 Å². The van der Waals surface area contributed by atoms with Crippen molar-refractivity contribution < 1.29 is 9.52 Å². The fourth-order valence-corrected chi connectivity index (χ4v) is 2.27. The Labute approximate surface area is 140 Å². The molecule has 2 aromatic carbocycles. The number of nitrogens with zero attached hydrogens (tertiary/aromatic N) is 1. The van der Waals surface area contributed by atoms with E-state index in [-0.39, 0.29) is 5.91 Å². The molecule has 0 aliphatic carbocycles. The van der Waals surface area contributed by atoms with Crippen LogP contribution < -0.4 is 15.4 Å². The van der Waals surface area contributed by atoms with E-state index in [1.165, 1.54) is 12.3 Å². The van der Waals surface area contributed by atoms with Gasteiger partial charge in [-0.15, -0.1) is 0 Å². The number of anilines is 2. The van der Waals surface area contributed by atoms with Gasteiger partial charge in [0.25, 0.3) is 11.7 Å². The summed E-state index contributed by atoms with van der Waals surface area (Å²) in [4.78, 5) is 12.3. The molecule has 0 unspecified atom stereocenters. The first-order chi connectivity index (χ1) is 11.7. The van der Waals surface area contributed by atoms with Crippen molar-refractivity contribution in [3.05, 3.63) is 95.3 Å². The van der Waals surface area contributed by atoms with Gasteiger partial charge in [-0.05, 0) is 23.8 Å². The number of aromatic nitrogens is 1. The topological polar surface area (TPSA) is 68.1 Å². The number of hydrogen-bond donors (Lipinski definition) is 2. The third-order valence-corrected chi connectivity index (χ3v) is 3.52. The molecule has 3 aromatic rings. The summed E-state index contributed by atoms with van der Waals surface area (Å²) in [5.41, 5.74) is 2.23. The minimum absolute atomic E-state index is 0.226. The highest BCUT2D eigenvalue weighted by Gasteiger charge is 2.12. The third kappa shape index (κ3) is 3.89. The summed E-state index contributed by atoms with van der Waals surface area (Å²) in [5, 5.41) is 17.8. The second-order valence-electron chi connectivity index (χ2n) is 5.29. The number of para-hydroxylation sites is 1. The average Bonchev–Trinajstić information content (AvgIpc) is 2.63. The van der Waals surface area contributed by atoms with E-state index in [1.54, 1.807) is 6.07 Å². The van der Waals surface area contributed by atoms with Crippen LogP contribution in [0.2, 0.25) is 0 Å². The van der Waals surface area contributed by atoms with Crippen LogP contribution in [0.15, 0.2) is 79.0 Å². The minimum Gasteiger partial charge on any atom is -0.711 e. The molecule has 0 aliphatic rings. The molecule has 0 atom stereocenters. The van der Waals surface area contributed by atoms with Crippen LogP contribution in [0.3, 0.4) is 0 Å². The lowest BCUT2D eigenvalue weighted by Crippen LogP contribution is -2.31. The maximum atomic E-state index is 12.3. The first-order valence-corrected chi connectivity index (χ1v) is 7.60. The van der Waals surface area contributed by atoms with Crippen LogP contribution >= 0.6 is 0 Å². The van der Waals surface area contributed by atoms with Gasteiger partial charge in [-0.2, -0.15) is 0 Å². The van der Waals surface area contributed by atoms with Gasteiger partial charge in [-0.1, -0.05) is 48.5 Å². The molecule has 24 heavy (non-hydrogen) atoms. The average molecular weight is 319 g/mol. The lowest BCUT2D eigenvalue weighted by molar-refractivity contribution is -0.590. The number of benzene rings is 2. The number of amides is 1. The number of pyridine rings is 1. The van der Waals surface area contributed by atoms with E-state index in [0.717, 1.165) is 11.3 Å². The molecule has 1 amide bonds. The van der Waals surface area contributed by atoms with Gasteiger partial charge in [0, 0.05) is 12.6 Å². The number of carbonyl (C=O) groups is 1. The Morgan fingerprint density at radius 2 is 1.62 bits per heavy atom. The van der Waals surface area contributed by atoms with Crippen LogP contribution in [0.1, 0.15) is 15.9 Å². The van der Waals surface area contributed by atoms with Gasteiger partial charge >= 0.3 is 0 Å². The van der Waals surface area contributed by atoms with E-state index in [9.17, 15) is 10.0 Å². The molecule has 0 fully saturated rings. The summed E-state index contributed by atoms with van der Waals surface area (Å²) < 4.78 is 0.695. The Hall–Kier alpha value is -3.34. The highest BCUT2D eigenvalue weighted by atomic mass is 16.5. The summed E-state index contributed by atoms with van der Waals surface area (Å²) in [7, 11) is 0. The molecule has 0 saturated carbocycles. The number of nitrogens with one attached hydrogen (secondary N) is 2. The number of hydrogen-bond acceptors (Lipinski definition) is 3. The van der Waals surface area contributed by atoms with Crippen molar-refractivity contribution in [3.63, 3.8) is 0 Å². The summed E-state index contributed by atoms with van der Waals surface area (Å²) in [6.45, 7) is 0.438. The van der Waals surface area contributed by atoms with Crippen LogP contribution in [0.25, 0.3) is 0 Å². The van der Waals surface area contributed by atoms with Crippen LogP contribution in [-0.4, -0.2) is 5.91 Å². The first kappa shape index (κ1) is 15.6. The Morgan fingerprint density at radius 3 is 2.33 bits per heavy atom. The van der Waals surface area contributed by atoms with Gasteiger partial charge < -0.3 is 10.5 Å². The summed E-state index contributed by atoms with van der Waals surface area (Å²) in [6.07, 6.45) is 1.32. The molecule has 1 heterocycles. The maximum absolute atomic E-state index is 12.3. The largest absolute Gasteiger partial charge is 0.711 e. The number of rotatable bonds is 5. The molecule has 2 N–H and O–H groups in total. The molecule has 120 valence electrons. The van der Waals surface area contributed by atoms with Gasteiger partial charge in [-0.3, -0.25) is 4.79 Å². The molecule has 0 radical (unpaired) electrons. The van der Waals surface area contributed by atoms with E-state index >= 15 is 0 Å². The molecular formula is C19H17N3O2. The fraction of sp³-hybridized carbons (Fsp3) is 0.0526. The lowest BCUT2D eigenvalue weighted by atomic mass is 10.2. The van der Waals surface area contributed by atoms with E-state index in [0.29, 0.717) is 22.7 Å². The Bertz CT molecular complexity index is 821. The van der Waals surface area contributed by atoms with Gasteiger partial charge in [0.15, 0.2) is 0 Å². The Kier molecular flexibility index (Phi) is 4.72. The molecule has 5 nitrogen and oxygen atoms in total. The van der Waals surface area contributed by atoms with Gasteiger partial charge in [-0.25, -0.2) is 10.0 Å². The van der Waals surface area contributed by atoms with Crippen LogP contribution in [-0.2, 0) is 6.54 Å². The standard InChI is InChI=1S/C19H17N3O2/c23-19(20-14-15-7-3-1-4-8-15)16-11-12-22(24)18(13-16)21-17-9-5-2-6-10-17/h1-13,21H,14H2,(H,20,23). The van der Waals surface area contributed by atoms with Crippen molar-refractivity contribution in [3.8, 4) is 0 Å². The van der Waals surface area contributed by atoms with Crippen LogP contribution in [0.4, 0.5) is 11.5 Å². The smallest absolute Gasteiger partial charge is 0.283 e. The van der Waals surface area contributed by atoms with E-state index in [4.69, 9.17) is 0 Å². The molecule has 3 rings (SSSR count). The van der Waals surface area contributed by atoms with Crippen molar-refractivity contribution in [2.24, 2.45) is 0 Å². The highest BCUT2D eigenvalue weighted by Crippen LogP contribution is 2.13. The molecular weight excluding hydrogens is 302 g/mol. The van der Waals surface area contributed by atoms with Crippen molar-refractivity contribution in [2.75, 3.05) is 5.32 Å². The quantitative estimate of drug-likeness (QED) is 0.561. The third-order valence-electron chi connectivity index (χ3n) is 3.52. The molecule has 5 heteroatoms. The summed E-state index contributed by atoms with van der Waals surface area (Å²) in [5.74, 6) is 0.0733. The Balaban J connectivity index is 1.71. The van der Waals surface area contributed by atoms with Crippen molar-refractivity contribution in [2.45, 2.75) is 6.54 Å². The normalized spacial score (nSPS) is 10.2. The maximum Gasteiger partial charge on any atom is 0.283 e. The summed E-state index contributed by atoms with van der Waals surface area (Å²) in [6, 6.07) is 22.0. The van der Waals surface area contributed by atoms with Crippen molar-refractivity contribution in [1.29, 1.82) is 0 Å². The second kappa shape index (κ2) is 7.28. The zero-order valence-electron chi connectivity index (χ0n) is 13.0. The zero-order chi connectivity index (χ0) is 16.8. The Morgan fingerprint density at radius 1 is 0.958 bits per heavy atom. The molecule has 1 aromatic heterocycles. The van der Waals surface area contributed by atoms with Crippen molar-refractivity contribution >= 4 is 17.4 Å². The lowest BCUT2D eigenvalue weighted by Gasteiger charge is -2.11. The summed E-state index contributed by atoms with van der Waals surface area (Å²) >= 11 is 0. The predicted octanol–water partition coefficient (Wildman–Crippen LogP) is 2.99. The first-order valence-electron chi connectivity index (χ1n) is 7.60. The van der Waals surface area contributed by atoms with E-state index in [1.807, 2.05) is 60.7 Å². The molecule has 0 spiro atoms. The van der Waals surface area contributed by atoms with Gasteiger partial charge in [0.05, 0.1) is 11.8 Å². The van der Waals surface area contributed by atoms with Crippen molar-refractivity contribution in [1.82, 2.24) is 5.32 Å². The zero-order valence-corrected chi connectivity index (χ0v) is 13.0. The molecule has 0 aliphatic heterocycles. The molecule has 0 bridgehead atoms. The van der Waals surface area contributed by atoms with Gasteiger partial charge in [0.2, 0.25) is 0 Å². The second-order valence-corrected chi connectivity index (χ2v) is 5.29. The van der Waals surface area contributed by atoms with E-state index in [2.05, 4.69) is 10.6 Å².